The molecule has 1 aliphatic rings. The number of rotatable bonds is 4. The Kier molecular flexibility index (Phi) is 5.40. The number of hydrogen-bond acceptors (Lipinski definition) is 5. The molecule has 0 saturated carbocycles. The van der Waals surface area contributed by atoms with Gasteiger partial charge in [0.1, 0.15) is 11.5 Å². The molecule has 1 aliphatic heterocycles. The third-order valence-electron chi connectivity index (χ3n) is 4.46. The first-order chi connectivity index (χ1) is 13.5. The van der Waals surface area contributed by atoms with Gasteiger partial charge in [-0.2, -0.15) is 0 Å². The molecule has 3 aromatic rings. The maximum atomic E-state index is 14.0. The van der Waals surface area contributed by atoms with Gasteiger partial charge < -0.3 is 10.2 Å². The van der Waals surface area contributed by atoms with E-state index >= 15 is 0 Å². The topological polar surface area (TPSA) is 63.1 Å². The summed E-state index contributed by atoms with van der Waals surface area (Å²) in [6.07, 6.45) is 5.18. The molecule has 6 nitrogen and oxygen atoms in total. The Morgan fingerprint density at radius 1 is 1.14 bits per heavy atom. The van der Waals surface area contributed by atoms with Crippen LogP contribution in [0.3, 0.4) is 0 Å². The van der Waals surface area contributed by atoms with Crippen LogP contribution in [0, 0.1) is 11.6 Å². The number of nitrogens with zero attached hydrogens (tertiary/aromatic N) is 4. The summed E-state index contributed by atoms with van der Waals surface area (Å²) in [5, 5.41) is 12.3. The number of anilines is 2. The van der Waals surface area contributed by atoms with Crippen molar-refractivity contribution in [2.75, 3.05) is 23.3 Å². The summed E-state index contributed by atoms with van der Waals surface area (Å²) < 4.78 is 29.0. The van der Waals surface area contributed by atoms with Gasteiger partial charge in [-0.15, -0.1) is 10.2 Å². The zero-order valence-electron chi connectivity index (χ0n) is 14.7. The predicted octanol–water partition coefficient (Wildman–Crippen LogP) is 4.61. The zero-order valence-corrected chi connectivity index (χ0v) is 17.1. The van der Waals surface area contributed by atoms with E-state index in [0.29, 0.717) is 5.13 Å². The van der Waals surface area contributed by atoms with E-state index in [1.54, 1.807) is 22.9 Å². The maximum absolute atomic E-state index is 14.0. The molecule has 1 amide bonds. The highest BCUT2D eigenvalue weighted by Crippen LogP contribution is 2.29. The summed E-state index contributed by atoms with van der Waals surface area (Å²) in [4.78, 5) is 14.9. The SMILES string of the molecule is O=C(Nc1c(F)cc(F)cc1Br)c1cccn1-c1nnc(N2CCCCC2)s1. The van der Waals surface area contributed by atoms with Crippen LogP contribution >= 0.6 is 27.3 Å². The monoisotopic (exact) mass is 467 g/mol. The summed E-state index contributed by atoms with van der Waals surface area (Å²) >= 11 is 4.47. The summed E-state index contributed by atoms with van der Waals surface area (Å²) in [5.74, 6) is -2.13. The number of piperidine rings is 1. The predicted molar refractivity (Wildman–Crippen MR) is 107 cm³/mol. The van der Waals surface area contributed by atoms with Crippen LogP contribution in [0.1, 0.15) is 29.8 Å². The second kappa shape index (κ2) is 7.96. The Morgan fingerprint density at radius 2 is 1.89 bits per heavy atom. The Labute approximate surface area is 172 Å². The van der Waals surface area contributed by atoms with Crippen LogP contribution in [0.25, 0.3) is 5.13 Å². The lowest BCUT2D eigenvalue weighted by Gasteiger charge is -2.25. The Balaban J connectivity index is 1.58. The normalized spacial score (nSPS) is 14.3. The molecule has 0 spiro atoms. The van der Waals surface area contributed by atoms with E-state index in [-0.39, 0.29) is 15.9 Å². The van der Waals surface area contributed by atoms with Crippen molar-refractivity contribution in [3.63, 3.8) is 0 Å². The van der Waals surface area contributed by atoms with Crippen molar-refractivity contribution in [3.05, 3.63) is 52.3 Å². The van der Waals surface area contributed by atoms with E-state index in [9.17, 15) is 13.6 Å². The van der Waals surface area contributed by atoms with Crippen LogP contribution in [0.4, 0.5) is 19.6 Å². The first kappa shape index (κ1) is 19.0. The van der Waals surface area contributed by atoms with Gasteiger partial charge in [-0.25, -0.2) is 8.78 Å². The third-order valence-corrected chi connectivity index (χ3v) is 6.07. The highest BCUT2D eigenvalue weighted by atomic mass is 79.9. The number of benzene rings is 1. The van der Waals surface area contributed by atoms with Gasteiger partial charge in [0.15, 0.2) is 5.82 Å². The number of carbonyl (C=O) groups is 1. The summed E-state index contributed by atoms with van der Waals surface area (Å²) in [7, 11) is 0. The van der Waals surface area contributed by atoms with Crippen LogP contribution in [0.15, 0.2) is 34.9 Å². The van der Waals surface area contributed by atoms with E-state index in [0.717, 1.165) is 43.2 Å². The number of hydrogen-bond donors (Lipinski definition) is 1. The number of amides is 1. The van der Waals surface area contributed by atoms with Gasteiger partial charge in [0.25, 0.3) is 5.91 Å². The summed E-state index contributed by atoms with van der Waals surface area (Å²) in [5.41, 5.74) is 0.155. The summed E-state index contributed by atoms with van der Waals surface area (Å²) in [6, 6.07) is 5.11. The highest BCUT2D eigenvalue weighted by molar-refractivity contribution is 9.10. The van der Waals surface area contributed by atoms with E-state index in [2.05, 4.69) is 36.3 Å². The lowest BCUT2D eigenvalue weighted by Crippen LogP contribution is -2.29. The molecule has 3 heterocycles. The second-order valence-electron chi connectivity index (χ2n) is 6.38. The zero-order chi connectivity index (χ0) is 19.7. The summed E-state index contributed by atoms with van der Waals surface area (Å²) in [6.45, 7) is 1.90. The lowest BCUT2D eigenvalue weighted by molar-refractivity contribution is 0.102. The van der Waals surface area contributed by atoms with Crippen LogP contribution in [-0.2, 0) is 0 Å². The first-order valence-corrected chi connectivity index (χ1v) is 10.4. The van der Waals surface area contributed by atoms with Gasteiger partial charge in [0, 0.05) is 29.8 Å². The molecule has 0 radical (unpaired) electrons. The smallest absolute Gasteiger partial charge is 0.272 e. The van der Waals surface area contributed by atoms with E-state index in [1.807, 2.05) is 0 Å². The highest BCUT2D eigenvalue weighted by Gasteiger charge is 2.20. The average molecular weight is 468 g/mol. The number of halogens is 3. The first-order valence-electron chi connectivity index (χ1n) is 8.75. The quantitative estimate of drug-likeness (QED) is 0.608. The van der Waals surface area contributed by atoms with Crippen LogP contribution < -0.4 is 10.2 Å². The van der Waals surface area contributed by atoms with Crippen molar-refractivity contribution >= 4 is 44.0 Å². The molecule has 0 aliphatic carbocycles. The standard InChI is InChI=1S/C18H16BrF2N5OS/c19-12-9-11(20)10-13(21)15(12)22-16(27)14-5-4-8-26(14)18-24-23-17(28-18)25-6-2-1-3-7-25/h4-5,8-10H,1-3,6-7H2,(H,22,27). The van der Waals surface area contributed by atoms with Crippen molar-refractivity contribution in [3.8, 4) is 5.13 Å². The number of carbonyl (C=O) groups excluding carboxylic acids is 1. The Hall–Kier alpha value is -2.33. The minimum Gasteiger partial charge on any atom is -0.347 e. The molecule has 0 atom stereocenters. The molecule has 1 aromatic carbocycles. The minimum atomic E-state index is -0.860. The molecule has 146 valence electrons. The fourth-order valence-electron chi connectivity index (χ4n) is 3.09. The van der Waals surface area contributed by atoms with Crippen molar-refractivity contribution in [1.29, 1.82) is 0 Å². The fraction of sp³-hybridized carbons (Fsp3) is 0.278. The molecule has 0 bridgehead atoms. The van der Waals surface area contributed by atoms with Crippen LogP contribution in [-0.4, -0.2) is 33.8 Å². The fourth-order valence-corrected chi connectivity index (χ4v) is 4.49. The molecular formula is C18H16BrF2N5OS. The molecule has 1 fully saturated rings. The Morgan fingerprint density at radius 3 is 2.64 bits per heavy atom. The molecule has 10 heteroatoms. The van der Waals surface area contributed by atoms with Gasteiger partial charge in [0.05, 0.1) is 5.69 Å². The largest absolute Gasteiger partial charge is 0.347 e. The minimum absolute atomic E-state index is 0.120. The van der Waals surface area contributed by atoms with E-state index in [4.69, 9.17) is 0 Å². The molecule has 2 aromatic heterocycles. The van der Waals surface area contributed by atoms with Gasteiger partial charge in [-0.3, -0.25) is 9.36 Å². The number of nitrogens with one attached hydrogen (secondary N) is 1. The lowest BCUT2D eigenvalue weighted by atomic mass is 10.1. The third kappa shape index (κ3) is 3.79. The molecule has 1 N–H and O–H groups in total. The van der Waals surface area contributed by atoms with E-state index < -0.39 is 17.5 Å². The number of aromatic nitrogens is 3. The van der Waals surface area contributed by atoms with Gasteiger partial charge >= 0.3 is 0 Å². The van der Waals surface area contributed by atoms with Crippen LogP contribution in [0.5, 0.6) is 0 Å². The van der Waals surface area contributed by atoms with Crippen LogP contribution in [0.2, 0.25) is 0 Å². The molecule has 0 unspecified atom stereocenters. The molecule has 28 heavy (non-hydrogen) atoms. The van der Waals surface area contributed by atoms with Crippen molar-refractivity contribution in [2.45, 2.75) is 19.3 Å². The molecule has 1 saturated heterocycles. The van der Waals surface area contributed by atoms with Gasteiger partial charge in [0.2, 0.25) is 10.3 Å². The van der Waals surface area contributed by atoms with Crippen molar-refractivity contribution in [2.24, 2.45) is 0 Å². The van der Waals surface area contributed by atoms with Crippen molar-refractivity contribution < 1.29 is 13.6 Å². The van der Waals surface area contributed by atoms with E-state index in [1.165, 1.54) is 17.8 Å². The van der Waals surface area contributed by atoms with Gasteiger partial charge in [-0.05, 0) is 53.4 Å². The Bertz CT molecular complexity index is 992. The second-order valence-corrected chi connectivity index (χ2v) is 8.17. The maximum Gasteiger partial charge on any atom is 0.272 e. The molecule has 4 rings (SSSR count). The average Bonchev–Trinajstić information content (AvgIpc) is 3.34. The van der Waals surface area contributed by atoms with Crippen molar-refractivity contribution in [1.82, 2.24) is 14.8 Å². The molecular weight excluding hydrogens is 452 g/mol. The van der Waals surface area contributed by atoms with Gasteiger partial charge in [-0.1, -0.05) is 11.3 Å².